The fraction of sp³-hybridized carbons (Fsp3) is 1.00. The Morgan fingerprint density at radius 1 is 1.27 bits per heavy atom. The molecule has 0 aliphatic heterocycles. The third kappa shape index (κ3) is 3.95. The maximum absolute atomic E-state index is 11.6. The fourth-order valence-corrected chi connectivity index (χ4v) is 3.55. The molecule has 1 saturated carbocycles. The highest BCUT2D eigenvalue weighted by molar-refractivity contribution is 7.91. The second kappa shape index (κ2) is 5.53. The zero-order valence-corrected chi connectivity index (χ0v) is 11.1. The van der Waals surface area contributed by atoms with Crippen LogP contribution in [0.2, 0.25) is 0 Å². The highest BCUT2D eigenvalue weighted by Gasteiger charge is 2.25. The number of halogens is 1. The second-order valence-corrected chi connectivity index (χ2v) is 8.00. The van der Waals surface area contributed by atoms with Gasteiger partial charge in [-0.2, -0.15) is 0 Å². The van der Waals surface area contributed by atoms with Crippen molar-refractivity contribution >= 4 is 21.4 Å². The van der Waals surface area contributed by atoms with Gasteiger partial charge in [0.25, 0.3) is 0 Å². The van der Waals surface area contributed by atoms with Crippen molar-refractivity contribution in [2.75, 3.05) is 5.75 Å². The van der Waals surface area contributed by atoms with Crippen LogP contribution in [0.15, 0.2) is 0 Å². The smallest absolute Gasteiger partial charge is 0.152 e. The van der Waals surface area contributed by atoms with E-state index in [2.05, 4.69) is 0 Å². The summed E-state index contributed by atoms with van der Waals surface area (Å²) in [5.41, 5.74) is 0. The molecule has 1 aliphatic carbocycles. The van der Waals surface area contributed by atoms with E-state index in [4.69, 9.17) is 11.6 Å². The fourth-order valence-electron chi connectivity index (χ4n) is 2.04. The van der Waals surface area contributed by atoms with E-state index < -0.39 is 9.84 Å². The topological polar surface area (TPSA) is 34.1 Å². The summed E-state index contributed by atoms with van der Waals surface area (Å²) >= 11 is 6.20. The molecule has 4 heteroatoms. The molecule has 0 aromatic rings. The minimum atomic E-state index is -2.88. The highest BCUT2D eigenvalue weighted by Crippen LogP contribution is 2.31. The number of hydrogen-bond acceptors (Lipinski definition) is 2. The van der Waals surface area contributed by atoms with Crippen LogP contribution in [0.3, 0.4) is 0 Å². The van der Waals surface area contributed by atoms with Crippen molar-refractivity contribution in [1.29, 1.82) is 0 Å². The summed E-state index contributed by atoms with van der Waals surface area (Å²) in [4.78, 5) is 0. The largest absolute Gasteiger partial charge is 0.229 e. The molecule has 0 heterocycles. The SMILES string of the molecule is CC(C)S(=O)(=O)CCC1CCCCC1Cl. The van der Waals surface area contributed by atoms with Crippen molar-refractivity contribution < 1.29 is 8.42 Å². The van der Waals surface area contributed by atoms with Gasteiger partial charge >= 0.3 is 0 Å². The summed E-state index contributed by atoms with van der Waals surface area (Å²) in [6.07, 6.45) is 5.29. The molecule has 0 spiro atoms. The summed E-state index contributed by atoms with van der Waals surface area (Å²) < 4.78 is 23.3. The molecule has 0 aromatic heterocycles. The Kier molecular flexibility index (Phi) is 4.91. The number of rotatable bonds is 4. The van der Waals surface area contributed by atoms with E-state index in [1.54, 1.807) is 13.8 Å². The molecule has 0 radical (unpaired) electrons. The molecule has 1 fully saturated rings. The third-order valence-electron chi connectivity index (χ3n) is 3.31. The van der Waals surface area contributed by atoms with E-state index >= 15 is 0 Å². The van der Waals surface area contributed by atoms with Gasteiger partial charge in [-0.15, -0.1) is 11.6 Å². The zero-order valence-electron chi connectivity index (χ0n) is 9.58. The van der Waals surface area contributed by atoms with Crippen molar-refractivity contribution in [3.05, 3.63) is 0 Å². The van der Waals surface area contributed by atoms with Crippen LogP contribution in [-0.4, -0.2) is 24.8 Å². The molecule has 0 saturated heterocycles. The van der Waals surface area contributed by atoms with Gasteiger partial charge in [-0.05, 0) is 39.0 Å². The normalized spacial score (nSPS) is 28.3. The Balaban J connectivity index is 2.42. The van der Waals surface area contributed by atoms with Gasteiger partial charge in [-0.3, -0.25) is 0 Å². The second-order valence-electron chi connectivity index (χ2n) is 4.76. The van der Waals surface area contributed by atoms with E-state index in [9.17, 15) is 8.42 Å². The lowest BCUT2D eigenvalue weighted by Crippen LogP contribution is -2.25. The zero-order chi connectivity index (χ0) is 11.5. The van der Waals surface area contributed by atoms with E-state index in [-0.39, 0.29) is 10.6 Å². The first-order chi connectivity index (χ1) is 6.93. The van der Waals surface area contributed by atoms with Crippen LogP contribution in [-0.2, 0) is 9.84 Å². The van der Waals surface area contributed by atoms with Gasteiger partial charge in [-0.1, -0.05) is 12.8 Å². The highest BCUT2D eigenvalue weighted by atomic mass is 35.5. The minimum Gasteiger partial charge on any atom is -0.229 e. The van der Waals surface area contributed by atoms with Crippen LogP contribution in [0.1, 0.15) is 46.0 Å². The summed E-state index contributed by atoms with van der Waals surface area (Å²) in [5.74, 6) is 0.715. The van der Waals surface area contributed by atoms with Gasteiger partial charge < -0.3 is 0 Å². The van der Waals surface area contributed by atoms with Crippen LogP contribution in [0, 0.1) is 5.92 Å². The summed E-state index contributed by atoms with van der Waals surface area (Å²) in [6, 6.07) is 0. The first kappa shape index (κ1) is 13.3. The van der Waals surface area contributed by atoms with Gasteiger partial charge in [0.15, 0.2) is 9.84 Å². The summed E-state index contributed by atoms with van der Waals surface area (Å²) in [7, 11) is -2.88. The van der Waals surface area contributed by atoms with Gasteiger partial charge in [-0.25, -0.2) is 8.42 Å². The average molecular weight is 253 g/mol. The molecule has 2 nitrogen and oxygen atoms in total. The van der Waals surface area contributed by atoms with Gasteiger partial charge in [0.05, 0.1) is 11.0 Å². The van der Waals surface area contributed by atoms with E-state index in [0.717, 1.165) is 19.3 Å². The van der Waals surface area contributed by atoms with Crippen LogP contribution in [0.25, 0.3) is 0 Å². The van der Waals surface area contributed by atoms with Gasteiger partial charge in [0.1, 0.15) is 0 Å². The van der Waals surface area contributed by atoms with E-state index in [1.807, 2.05) is 0 Å². The predicted molar refractivity (Wildman–Crippen MR) is 65.1 cm³/mol. The molecule has 1 rings (SSSR count). The first-order valence-electron chi connectivity index (χ1n) is 5.79. The van der Waals surface area contributed by atoms with Gasteiger partial charge in [0, 0.05) is 5.38 Å². The molecule has 0 aromatic carbocycles. The quantitative estimate of drug-likeness (QED) is 0.721. The third-order valence-corrected chi connectivity index (χ3v) is 6.12. The van der Waals surface area contributed by atoms with E-state index in [0.29, 0.717) is 11.7 Å². The summed E-state index contributed by atoms with van der Waals surface area (Å²) in [6.45, 7) is 3.49. The average Bonchev–Trinajstić information content (AvgIpc) is 2.16. The van der Waals surface area contributed by atoms with Crippen LogP contribution < -0.4 is 0 Å². The lowest BCUT2D eigenvalue weighted by molar-refractivity contribution is 0.356. The Morgan fingerprint density at radius 3 is 2.40 bits per heavy atom. The molecule has 0 N–H and O–H groups in total. The van der Waals surface area contributed by atoms with Crippen molar-refractivity contribution in [3.8, 4) is 0 Å². The molecule has 90 valence electrons. The molecule has 2 atom stereocenters. The molecular formula is C11H21ClO2S. The Hall–Kier alpha value is 0.240. The van der Waals surface area contributed by atoms with Crippen LogP contribution in [0.5, 0.6) is 0 Å². The Labute approximate surface area is 98.3 Å². The standard InChI is InChI=1S/C11H21ClO2S/c1-9(2)15(13,14)8-7-10-5-3-4-6-11(10)12/h9-11H,3-8H2,1-2H3. The maximum Gasteiger partial charge on any atom is 0.152 e. The number of hydrogen-bond donors (Lipinski definition) is 0. The minimum absolute atomic E-state index is 0.195. The van der Waals surface area contributed by atoms with Crippen LogP contribution >= 0.6 is 11.6 Å². The monoisotopic (exact) mass is 252 g/mol. The molecule has 0 bridgehead atoms. The Morgan fingerprint density at radius 2 is 1.87 bits per heavy atom. The number of alkyl halides is 1. The molecular weight excluding hydrogens is 232 g/mol. The predicted octanol–water partition coefficient (Wildman–Crippen LogP) is 3.00. The Bertz CT molecular complexity index is 285. The van der Waals surface area contributed by atoms with Crippen molar-refractivity contribution in [3.63, 3.8) is 0 Å². The summed E-state index contributed by atoms with van der Waals surface area (Å²) in [5, 5.41) is -0.0593. The van der Waals surface area contributed by atoms with Crippen LogP contribution in [0.4, 0.5) is 0 Å². The van der Waals surface area contributed by atoms with Gasteiger partial charge in [0.2, 0.25) is 0 Å². The lowest BCUT2D eigenvalue weighted by atomic mass is 9.87. The maximum atomic E-state index is 11.6. The number of sulfone groups is 1. The van der Waals surface area contributed by atoms with Crippen molar-refractivity contribution in [1.82, 2.24) is 0 Å². The molecule has 2 unspecified atom stereocenters. The van der Waals surface area contributed by atoms with E-state index in [1.165, 1.54) is 12.8 Å². The first-order valence-corrected chi connectivity index (χ1v) is 7.94. The molecule has 0 amide bonds. The lowest BCUT2D eigenvalue weighted by Gasteiger charge is -2.27. The van der Waals surface area contributed by atoms with Crippen molar-refractivity contribution in [2.45, 2.75) is 56.6 Å². The molecule has 1 aliphatic rings. The van der Waals surface area contributed by atoms with Crippen molar-refractivity contribution in [2.24, 2.45) is 5.92 Å². The molecule has 15 heavy (non-hydrogen) atoms.